The summed E-state index contributed by atoms with van der Waals surface area (Å²) < 4.78 is 361. The zero-order valence-corrected chi connectivity index (χ0v) is 107. The van der Waals surface area contributed by atoms with Crippen molar-refractivity contribution in [2.75, 3.05) is 0 Å². The third kappa shape index (κ3) is 1380. The molecule has 0 bridgehead atoms. The van der Waals surface area contributed by atoms with Crippen LogP contribution in [-0.2, 0) is 332 Å². The van der Waals surface area contributed by atoms with Crippen LogP contribution in [0.25, 0.3) is 0 Å². The van der Waals surface area contributed by atoms with Gasteiger partial charge in [-0.2, -0.15) is 0 Å². The van der Waals surface area contributed by atoms with Crippen LogP contribution in [-0.4, -0.2) is 305 Å². The topological polar surface area (TPSA) is 885 Å². The van der Waals surface area contributed by atoms with Crippen molar-refractivity contribution in [1.82, 2.24) is 0 Å². The van der Waals surface area contributed by atoms with E-state index in [1.807, 2.05) is 0 Å². The van der Waals surface area contributed by atoms with Gasteiger partial charge >= 0.3 is 875 Å². The van der Waals surface area contributed by atoms with E-state index in [0.29, 0.717) is 0 Å². The van der Waals surface area contributed by atoms with E-state index in [4.69, 9.17) is 139 Å². The van der Waals surface area contributed by atoms with Crippen LogP contribution in [0.3, 0.4) is 0 Å². The maximum Gasteiger partial charge on any atom is 2.00 e. The SMILES string of the molecule is [Ba+2].[Ba+2].[Ba+2].[Ba+2].[La+3].[La+3].[La+3].[La+3].[O]=[Ti]([O-])[O-].[O]=[Ti]([O-])[O-].[O]=[Ti]([O-])[O-].[O]=[Ti]([O-])[O-].[O]=[Ti]([O-])[O-].[O]=[Ti]([O-])[O-].[O]=[Ti]([O-])[O-].[O]=[Zr]([O-])[O-].[O]=[Zr]([O-])[O-].[O]=[Zr]([O-])[O-].[O]=[Zr]([O-])[O-].[O]=[Zr]([O-])[O-].[O]=[Zr]([O-])[O-].[O]=[Zr]([O-])[O-].[Pb+2].[Pb+2].[Pb+2].[Pb+2]. The Labute approximate surface area is 846 Å². The van der Waals surface area contributed by atoms with Crippen LogP contribution in [0.4, 0.5) is 0 Å². The van der Waals surface area contributed by atoms with E-state index in [0.717, 1.165) is 0 Å². The van der Waals surface area contributed by atoms with Gasteiger partial charge < -0.3 is 0 Å². The smallest absolute Gasteiger partial charge is 2.00 e. The minimum Gasteiger partial charge on any atom is 2.00 e. The molecule has 344 valence electrons. The van der Waals surface area contributed by atoms with Crippen molar-refractivity contribution in [3.8, 4) is 0 Å². The van der Waals surface area contributed by atoms with Crippen LogP contribution >= 0.6 is 0 Å². The van der Waals surface area contributed by atoms with Crippen molar-refractivity contribution in [2.45, 2.75) is 0 Å². The predicted molar refractivity (Wildman–Crippen MR) is 55.6 cm³/mol. The molecular weight excluding hydrogens is 3580 g/mol. The average molecular weight is 3580 g/mol. The Kier molecular flexibility index (Phi) is 431. The summed E-state index contributed by atoms with van der Waals surface area (Å²) in [6.07, 6.45) is 0. The molecule has 0 saturated heterocycles. The summed E-state index contributed by atoms with van der Waals surface area (Å²) in [4.78, 5) is 0. The molecule has 0 aromatic carbocycles. The number of rotatable bonds is 0. The fraction of sp³-hybridized carbons (Fsp3) is 0. The van der Waals surface area contributed by atoms with Gasteiger partial charge in [-0.15, -0.1) is 0 Å². The van der Waals surface area contributed by atoms with Gasteiger partial charge in [-0.1, -0.05) is 0 Å². The van der Waals surface area contributed by atoms with Crippen LogP contribution in [0.15, 0.2) is 0 Å². The van der Waals surface area contributed by atoms with E-state index in [-0.39, 0.29) is 447 Å². The molecule has 0 heterocycles. The Morgan fingerprint density at radius 3 is 0.191 bits per heavy atom. The summed E-state index contributed by atoms with van der Waals surface area (Å²) >= 11 is -58.6. The molecule has 0 N–H and O–H groups in total. The largest absolute Gasteiger partial charge is 2.00 e. The quantitative estimate of drug-likeness (QED) is 0.203. The standard InChI is InChI=1S/4Ba.4La.42O.4Pb.7Ti.7Zr/q4*+2;4*+3;;;;;;;;;;;;;;;28*-1;4*+2;;;;;;;;;;;;;;. The summed E-state index contributed by atoms with van der Waals surface area (Å²) in [5.41, 5.74) is 0. The molecule has 0 fully saturated rings. The van der Waals surface area contributed by atoms with Crippen molar-refractivity contribution in [3.05, 3.63) is 0 Å². The summed E-state index contributed by atoms with van der Waals surface area (Å²) in [6.45, 7) is 0. The van der Waals surface area contributed by atoms with E-state index >= 15 is 0 Å². The molecule has 0 aliphatic rings. The van der Waals surface area contributed by atoms with Gasteiger partial charge in [-0.3, -0.25) is 0 Å². The van der Waals surface area contributed by atoms with Gasteiger partial charge in [0.05, 0.1) is 0 Å². The van der Waals surface area contributed by atoms with Crippen LogP contribution < -0.4 is 96.2 Å². The van der Waals surface area contributed by atoms with Crippen LogP contribution in [0.1, 0.15) is 0 Å². The van der Waals surface area contributed by atoms with Crippen LogP contribution in [0, 0.1) is 142 Å². The van der Waals surface area contributed by atoms with E-state index in [1.165, 1.54) is 0 Å². The molecule has 0 spiro atoms. The molecular formula is Ba4La4O42Pb4Ti7Zr7. The molecule has 0 aliphatic carbocycles. The normalized spacial score (nSPS) is 5.35. The zero-order chi connectivity index (χ0) is 50.1. The Hall–Kier alpha value is 22.0. The van der Waals surface area contributed by atoms with E-state index < -0.39 is 289 Å². The minimum atomic E-state index is -4.29. The molecule has 0 aliphatic heterocycles. The van der Waals surface area contributed by atoms with E-state index in [9.17, 15) is 0 Å². The van der Waals surface area contributed by atoms with E-state index in [1.54, 1.807) is 0 Å². The van der Waals surface area contributed by atoms with Crippen molar-refractivity contribution < 1.29 is 570 Å². The third-order valence-corrected chi connectivity index (χ3v) is 0. The van der Waals surface area contributed by atoms with Crippen molar-refractivity contribution in [2.24, 2.45) is 0 Å². The second-order valence-electron chi connectivity index (χ2n) is 3.50. The predicted octanol–water partition coefficient (Wildman–Crippen LogP) is -38.0. The first-order valence-electron chi connectivity index (χ1n) is 8.57. The third-order valence-electron chi connectivity index (χ3n) is 0. The first-order chi connectivity index (χ1) is 24.2. The molecule has 0 saturated carbocycles. The second kappa shape index (κ2) is 168. The van der Waals surface area contributed by atoms with Crippen LogP contribution in [0.5, 0.6) is 0 Å². The summed E-state index contributed by atoms with van der Waals surface area (Å²) in [6, 6.07) is 0. The number of hydrogen-bond acceptors (Lipinski definition) is 42. The van der Waals surface area contributed by atoms with Crippen LogP contribution in [0.2, 0.25) is 0 Å². The van der Waals surface area contributed by atoms with Gasteiger partial charge in [0.2, 0.25) is 0 Å². The molecule has 0 amide bonds. The monoisotopic (exact) mass is 3580 g/mol. The van der Waals surface area contributed by atoms with Gasteiger partial charge in [0.1, 0.15) is 0 Å². The molecule has 0 rings (SSSR count). The van der Waals surface area contributed by atoms with Crippen molar-refractivity contribution >= 4 is 305 Å². The first-order valence-corrected chi connectivity index (χ1v) is 43.0. The molecule has 0 atom stereocenters. The van der Waals surface area contributed by atoms with Gasteiger partial charge in [-0.25, -0.2) is 0 Å². The zero-order valence-electron chi connectivity index (χ0n) is 31.3. The van der Waals surface area contributed by atoms with Gasteiger partial charge in [-0.05, 0) is 0 Å². The summed E-state index contributed by atoms with van der Waals surface area (Å²) in [5, 5.41) is 0. The molecule has 0 unspecified atom stereocenters. The average Bonchev–Trinajstić information content (AvgIpc) is 2.73. The fourth-order valence-electron chi connectivity index (χ4n) is 0. The molecule has 0 aromatic heterocycles. The van der Waals surface area contributed by atoms with E-state index in [2.05, 4.69) is 0 Å². The van der Waals surface area contributed by atoms with Crippen molar-refractivity contribution in [3.63, 3.8) is 0 Å². The molecule has 42 nitrogen and oxygen atoms in total. The van der Waals surface area contributed by atoms with Gasteiger partial charge in [0.15, 0.2) is 0 Å². The molecule has 68 heavy (non-hydrogen) atoms. The van der Waals surface area contributed by atoms with Crippen molar-refractivity contribution in [1.29, 1.82) is 0 Å². The Morgan fingerprint density at radius 2 is 0.191 bits per heavy atom. The first kappa shape index (κ1) is 174. The molecule has 68 heteroatoms. The van der Waals surface area contributed by atoms with Gasteiger partial charge in [0.25, 0.3) is 0 Å². The van der Waals surface area contributed by atoms with Gasteiger partial charge in [0, 0.05) is 0 Å². The summed E-state index contributed by atoms with van der Waals surface area (Å²) in [7, 11) is 0. The maximum absolute atomic E-state index is 8.61. The summed E-state index contributed by atoms with van der Waals surface area (Å²) in [5.74, 6) is 0. The fourth-order valence-corrected chi connectivity index (χ4v) is 0. The minimum absolute atomic E-state index is 0. The Morgan fingerprint density at radius 1 is 0.191 bits per heavy atom. The molecule has 8 radical (unpaired) electrons. The molecule has 0 aromatic rings. The Bertz CT molecular complexity index is 766. The second-order valence-corrected chi connectivity index (χ2v) is 17.6. The number of hydrogen-bond donors (Lipinski definition) is 0. The Balaban J connectivity index is -0.0000000115. The maximum atomic E-state index is 8.61.